The molecule has 0 spiro atoms. The molecular weight excluding hydrogens is 375 g/mol. The van der Waals surface area contributed by atoms with Crippen LogP contribution >= 0.6 is 46.6 Å². The molecule has 3 rings (SSSR count). The number of nitrogens with two attached hydrogens (primary N) is 1. The summed E-state index contributed by atoms with van der Waals surface area (Å²) < 4.78 is 1.44. The van der Waals surface area contributed by atoms with Gasteiger partial charge in [-0.1, -0.05) is 52.6 Å². The fourth-order valence-corrected chi connectivity index (χ4v) is 3.70. The minimum absolute atomic E-state index is 0.550. The number of rotatable bonds is 4. The van der Waals surface area contributed by atoms with E-state index in [1.807, 2.05) is 18.2 Å². The lowest BCUT2D eigenvalue weighted by molar-refractivity contribution is 0.849. The number of nitrogens with zero attached hydrogens (tertiary/aromatic N) is 3. The van der Waals surface area contributed by atoms with E-state index in [9.17, 15) is 0 Å². The van der Waals surface area contributed by atoms with E-state index >= 15 is 0 Å². The standard InChI is InChI=1S/C15H11Cl3N4S/c16-10-6-4-9(5-7-10)14-20-21-15(22(14)19)23-8-11-12(17)2-1-3-13(11)18/h1-7H,8,19H2. The van der Waals surface area contributed by atoms with Crippen molar-refractivity contribution in [2.75, 3.05) is 5.84 Å². The molecule has 2 aromatic carbocycles. The fourth-order valence-electron chi connectivity index (χ4n) is 1.98. The molecule has 0 bridgehead atoms. The Morgan fingerprint density at radius 2 is 1.61 bits per heavy atom. The van der Waals surface area contributed by atoms with Gasteiger partial charge in [0, 0.05) is 26.4 Å². The van der Waals surface area contributed by atoms with E-state index in [1.165, 1.54) is 16.4 Å². The predicted molar refractivity (Wildman–Crippen MR) is 96.6 cm³/mol. The molecule has 1 heterocycles. The Hall–Kier alpha value is -1.40. The highest BCUT2D eigenvalue weighted by Crippen LogP contribution is 2.31. The van der Waals surface area contributed by atoms with E-state index in [4.69, 9.17) is 40.6 Å². The van der Waals surface area contributed by atoms with Crippen molar-refractivity contribution in [3.05, 3.63) is 63.1 Å². The maximum absolute atomic E-state index is 6.17. The van der Waals surface area contributed by atoms with Gasteiger partial charge in [0.25, 0.3) is 0 Å². The first-order chi connectivity index (χ1) is 11.1. The van der Waals surface area contributed by atoms with Crippen molar-refractivity contribution in [2.45, 2.75) is 10.9 Å². The SMILES string of the molecule is Nn1c(SCc2c(Cl)cccc2Cl)nnc1-c1ccc(Cl)cc1. The van der Waals surface area contributed by atoms with E-state index in [0.29, 0.717) is 31.8 Å². The Bertz CT molecular complexity index is 813. The summed E-state index contributed by atoms with van der Waals surface area (Å²) in [5, 5.41) is 10.7. The van der Waals surface area contributed by atoms with Crippen LogP contribution in [0.1, 0.15) is 5.56 Å². The third-order valence-corrected chi connectivity index (χ3v) is 5.10. The van der Waals surface area contributed by atoms with Gasteiger partial charge < -0.3 is 5.84 Å². The van der Waals surface area contributed by atoms with Gasteiger partial charge in [-0.2, -0.15) is 0 Å². The molecule has 0 amide bonds. The quantitative estimate of drug-likeness (QED) is 0.512. The first kappa shape index (κ1) is 16.5. The fraction of sp³-hybridized carbons (Fsp3) is 0.0667. The zero-order valence-electron chi connectivity index (χ0n) is 11.7. The molecule has 118 valence electrons. The van der Waals surface area contributed by atoms with Crippen molar-refractivity contribution in [2.24, 2.45) is 0 Å². The molecule has 4 nitrogen and oxygen atoms in total. The summed E-state index contributed by atoms with van der Waals surface area (Å²) in [7, 11) is 0. The van der Waals surface area contributed by atoms with Crippen molar-refractivity contribution in [1.82, 2.24) is 14.9 Å². The summed E-state index contributed by atoms with van der Waals surface area (Å²) in [5.74, 6) is 7.20. The highest BCUT2D eigenvalue weighted by molar-refractivity contribution is 7.98. The predicted octanol–water partition coefficient (Wildman–Crippen LogP) is 4.91. The summed E-state index contributed by atoms with van der Waals surface area (Å²) in [5.41, 5.74) is 1.68. The average Bonchev–Trinajstić information content (AvgIpc) is 2.89. The van der Waals surface area contributed by atoms with Gasteiger partial charge in [-0.3, -0.25) is 0 Å². The molecule has 0 radical (unpaired) electrons. The van der Waals surface area contributed by atoms with Gasteiger partial charge in [0.2, 0.25) is 5.16 Å². The number of halogens is 3. The summed E-state index contributed by atoms with van der Waals surface area (Å²) in [6.45, 7) is 0. The summed E-state index contributed by atoms with van der Waals surface area (Å²) in [6, 6.07) is 12.7. The molecule has 23 heavy (non-hydrogen) atoms. The van der Waals surface area contributed by atoms with Crippen LogP contribution < -0.4 is 5.84 Å². The lowest BCUT2D eigenvalue weighted by atomic mass is 10.2. The van der Waals surface area contributed by atoms with Crippen LogP contribution in [0.4, 0.5) is 0 Å². The third-order valence-electron chi connectivity index (χ3n) is 3.17. The largest absolute Gasteiger partial charge is 0.335 e. The lowest BCUT2D eigenvalue weighted by Gasteiger charge is -2.07. The van der Waals surface area contributed by atoms with Crippen molar-refractivity contribution in [3.63, 3.8) is 0 Å². The Labute approximate surface area is 152 Å². The van der Waals surface area contributed by atoms with E-state index in [2.05, 4.69) is 10.2 Å². The van der Waals surface area contributed by atoms with Crippen LogP contribution in [0.3, 0.4) is 0 Å². The summed E-state index contributed by atoms with van der Waals surface area (Å²) in [4.78, 5) is 0. The summed E-state index contributed by atoms with van der Waals surface area (Å²) >= 11 is 19.6. The number of nitrogen functional groups attached to an aromatic ring is 1. The number of benzene rings is 2. The third kappa shape index (κ3) is 3.58. The van der Waals surface area contributed by atoms with Gasteiger partial charge in [0.05, 0.1) is 0 Å². The second kappa shape index (κ2) is 7.01. The van der Waals surface area contributed by atoms with Gasteiger partial charge in [-0.25, -0.2) is 4.68 Å². The van der Waals surface area contributed by atoms with E-state index in [0.717, 1.165) is 11.1 Å². The van der Waals surface area contributed by atoms with Crippen LogP contribution in [0.5, 0.6) is 0 Å². The van der Waals surface area contributed by atoms with Crippen molar-refractivity contribution >= 4 is 46.6 Å². The molecule has 0 saturated carbocycles. The molecule has 0 fully saturated rings. The van der Waals surface area contributed by atoms with Crippen LogP contribution in [-0.2, 0) is 5.75 Å². The van der Waals surface area contributed by atoms with Gasteiger partial charge in [-0.05, 0) is 42.0 Å². The first-order valence-electron chi connectivity index (χ1n) is 6.58. The topological polar surface area (TPSA) is 56.7 Å². The minimum Gasteiger partial charge on any atom is -0.335 e. The number of hydrogen-bond acceptors (Lipinski definition) is 4. The molecule has 0 atom stereocenters. The molecule has 8 heteroatoms. The van der Waals surface area contributed by atoms with Gasteiger partial charge in [-0.15, -0.1) is 10.2 Å². The van der Waals surface area contributed by atoms with Crippen molar-refractivity contribution in [3.8, 4) is 11.4 Å². The zero-order chi connectivity index (χ0) is 16.4. The van der Waals surface area contributed by atoms with E-state index in [1.54, 1.807) is 24.3 Å². The second-order valence-electron chi connectivity index (χ2n) is 4.67. The number of thioether (sulfide) groups is 1. The maximum atomic E-state index is 6.17. The molecule has 3 aromatic rings. The number of aromatic nitrogens is 3. The highest BCUT2D eigenvalue weighted by atomic mass is 35.5. The first-order valence-corrected chi connectivity index (χ1v) is 8.70. The van der Waals surface area contributed by atoms with Crippen LogP contribution in [0.2, 0.25) is 15.1 Å². The molecule has 0 unspecified atom stereocenters. The molecule has 1 aromatic heterocycles. The average molecular weight is 386 g/mol. The Balaban J connectivity index is 1.81. The lowest BCUT2D eigenvalue weighted by Crippen LogP contribution is -2.11. The molecule has 0 aliphatic rings. The van der Waals surface area contributed by atoms with Crippen LogP contribution in [-0.4, -0.2) is 14.9 Å². The molecule has 2 N–H and O–H groups in total. The Kier molecular flexibility index (Phi) is 5.02. The Morgan fingerprint density at radius 3 is 2.26 bits per heavy atom. The van der Waals surface area contributed by atoms with Gasteiger partial charge in [0.1, 0.15) is 0 Å². The van der Waals surface area contributed by atoms with Crippen molar-refractivity contribution < 1.29 is 0 Å². The Morgan fingerprint density at radius 1 is 0.957 bits per heavy atom. The minimum atomic E-state index is 0.550. The van der Waals surface area contributed by atoms with Crippen LogP contribution in [0.15, 0.2) is 47.6 Å². The normalized spacial score (nSPS) is 10.9. The zero-order valence-corrected chi connectivity index (χ0v) is 14.8. The molecule has 0 saturated heterocycles. The summed E-state index contributed by atoms with van der Waals surface area (Å²) in [6.07, 6.45) is 0. The molecule has 0 aliphatic carbocycles. The van der Waals surface area contributed by atoms with E-state index in [-0.39, 0.29) is 0 Å². The van der Waals surface area contributed by atoms with Gasteiger partial charge in [0.15, 0.2) is 5.82 Å². The molecular formula is C15H11Cl3N4S. The molecule has 0 aliphatic heterocycles. The number of hydrogen-bond donors (Lipinski definition) is 1. The smallest absolute Gasteiger partial charge is 0.210 e. The monoisotopic (exact) mass is 384 g/mol. The van der Waals surface area contributed by atoms with Gasteiger partial charge >= 0.3 is 0 Å². The highest BCUT2D eigenvalue weighted by Gasteiger charge is 2.14. The van der Waals surface area contributed by atoms with E-state index < -0.39 is 0 Å². The van der Waals surface area contributed by atoms with Crippen LogP contribution in [0.25, 0.3) is 11.4 Å². The van der Waals surface area contributed by atoms with Crippen molar-refractivity contribution in [1.29, 1.82) is 0 Å². The maximum Gasteiger partial charge on any atom is 0.210 e. The van der Waals surface area contributed by atoms with Crippen LogP contribution in [0, 0.1) is 0 Å². The second-order valence-corrected chi connectivity index (χ2v) is 6.87.